The zero-order valence-electron chi connectivity index (χ0n) is 21.5. The molecule has 2 fully saturated rings. The smallest absolute Gasteiger partial charge is 0.221 e. The van der Waals surface area contributed by atoms with Gasteiger partial charge in [0.1, 0.15) is 30.2 Å². The summed E-state index contributed by atoms with van der Waals surface area (Å²) >= 11 is 0. The molecule has 0 radical (unpaired) electrons. The average Bonchev–Trinajstić information content (AvgIpc) is 2.85. The maximum atomic E-state index is 12.3. The molecule has 3 aliphatic rings. The maximum absolute atomic E-state index is 12.3. The third-order valence-electron chi connectivity index (χ3n) is 6.85. The number of carbonyl (C=O) groups is 1. The molecule has 1 unspecified atom stereocenters. The first-order valence-corrected chi connectivity index (χ1v) is 13.2. The normalized spacial score (nSPS) is 37.4. The fourth-order valence-electron chi connectivity index (χ4n) is 4.88. The fraction of sp³-hybridized carbons (Fsp3) is 0.875. The van der Waals surface area contributed by atoms with E-state index in [9.17, 15) is 20.1 Å². The van der Waals surface area contributed by atoms with E-state index in [4.69, 9.17) is 36.1 Å². The maximum Gasteiger partial charge on any atom is 0.221 e. The molecule has 214 valence electrons. The zero-order valence-corrected chi connectivity index (χ0v) is 21.5. The first-order valence-electron chi connectivity index (χ1n) is 13.2. The van der Waals surface area contributed by atoms with E-state index in [1.54, 1.807) is 0 Å². The highest BCUT2D eigenvalue weighted by Gasteiger charge is 2.48. The van der Waals surface area contributed by atoms with Crippen molar-refractivity contribution < 1.29 is 39.1 Å². The molecule has 1 amide bonds. The second-order valence-corrected chi connectivity index (χ2v) is 10.2. The van der Waals surface area contributed by atoms with Crippen molar-refractivity contribution in [1.82, 2.24) is 10.6 Å². The zero-order chi connectivity index (χ0) is 26.9. The number of aliphatic hydroxyl groups is 3. The number of nitrogens with two attached hydrogens (primary N) is 3. The van der Waals surface area contributed by atoms with Gasteiger partial charge in [0.2, 0.25) is 5.91 Å². The highest BCUT2D eigenvalue weighted by atomic mass is 16.7. The molecule has 0 aromatic carbocycles. The van der Waals surface area contributed by atoms with Gasteiger partial charge in [0.05, 0.1) is 25.3 Å². The van der Waals surface area contributed by atoms with Crippen molar-refractivity contribution in [2.45, 2.75) is 94.2 Å². The van der Waals surface area contributed by atoms with E-state index in [2.05, 4.69) is 10.6 Å². The van der Waals surface area contributed by atoms with E-state index < -0.39 is 55.2 Å². The highest BCUT2D eigenvalue weighted by molar-refractivity contribution is 5.76. The molecule has 1 saturated heterocycles. The summed E-state index contributed by atoms with van der Waals surface area (Å²) in [6.07, 6.45) is -2.00. The van der Waals surface area contributed by atoms with Crippen LogP contribution in [-0.4, -0.2) is 109 Å². The van der Waals surface area contributed by atoms with Crippen LogP contribution in [0.15, 0.2) is 11.8 Å². The highest BCUT2D eigenvalue weighted by Crippen LogP contribution is 2.31. The van der Waals surface area contributed by atoms with Crippen molar-refractivity contribution in [2.75, 3.05) is 32.8 Å². The Balaban J connectivity index is 1.65. The van der Waals surface area contributed by atoms with E-state index in [0.717, 1.165) is 0 Å². The minimum atomic E-state index is -1.22. The molecule has 0 aromatic heterocycles. The van der Waals surface area contributed by atoms with Crippen molar-refractivity contribution >= 4 is 5.91 Å². The van der Waals surface area contributed by atoms with Crippen LogP contribution in [0.25, 0.3) is 0 Å². The number of nitrogens with one attached hydrogen (secondary N) is 2. The monoisotopic (exact) mass is 531 g/mol. The van der Waals surface area contributed by atoms with Crippen LogP contribution in [0.3, 0.4) is 0 Å². The number of rotatable bonds is 12. The average molecular weight is 532 g/mol. The summed E-state index contributed by atoms with van der Waals surface area (Å²) in [5.74, 6) is 0.553. The Hall–Kier alpha value is -1.39. The molecule has 11 N–H and O–H groups in total. The minimum absolute atomic E-state index is 0.121. The lowest BCUT2D eigenvalue weighted by atomic mass is 9.83. The Bertz CT molecular complexity index is 746. The molecular formula is C24H45N5O8. The van der Waals surface area contributed by atoms with Gasteiger partial charge in [-0.1, -0.05) is 6.92 Å². The first-order chi connectivity index (χ1) is 17.7. The predicted molar refractivity (Wildman–Crippen MR) is 134 cm³/mol. The SMILES string of the molecule is C[C@@H]1CO[C@H](O[C@@H]2[C@@H](O)[C@H](O[C@@H]3CCC=C(CNCC(O)CN)O3)[C@@H](N)C[C@H]2NC(=O)CCN)[C@H](O)C1. The summed E-state index contributed by atoms with van der Waals surface area (Å²) in [5.41, 5.74) is 17.4. The van der Waals surface area contributed by atoms with Crippen LogP contribution >= 0.6 is 0 Å². The molecule has 1 aliphatic carbocycles. The van der Waals surface area contributed by atoms with Gasteiger partial charge in [-0.25, -0.2) is 0 Å². The fourth-order valence-corrected chi connectivity index (χ4v) is 4.88. The lowest BCUT2D eigenvalue weighted by molar-refractivity contribution is -0.282. The molecule has 13 nitrogen and oxygen atoms in total. The predicted octanol–water partition coefficient (Wildman–Crippen LogP) is -2.64. The molecule has 10 atom stereocenters. The Morgan fingerprint density at radius 2 is 2.03 bits per heavy atom. The van der Waals surface area contributed by atoms with Gasteiger partial charge in [0.25, 0.3) is 0 Å². The molecule has 0 bridgehead atoms. The van der Waals surface area contributed by atoms with Crippen molar-refractivity contribution in [3.05, 3.63) is 11.8 Å². The van der Waals surface area contributed by atoms with Crippen molar-refractivity contribution in [1.29, 1.82) is 0 Å². The van der Waals surface area contributed by atoms with Gasteiger partial charge < -0.3 is 62.1 Å². The van der Waals surface area contributed by atoms with Crippen LogP contribution in [0.4, 0.5) is 0 Å². The van der Waals surface area contributed by atoms with Gasteiger partial charge in [-0.15, -0.1) is 0 Å². The summed E-state index contributed by atoms with van der Waals surface area (Å²) in [4.78, 5) is 12.3. The van der Waals surface area contributed by atoms with Crippen molar-refractivity contribution in [3.8, 4) is 0 Å². The third-order valence-corrected chi connectivity index (χ3v) is 6.85. The van der Waals surface area contributed by atoms with Crippen molar-refractivity contribution in [2.24, 2.45) is 23.1 Å². The first kappa shape index (κ1) is 30.2. The molecule has 3 rings (SSSR count). The van der Waals surface area contributed by atoms with E-state index in [-0.39, 0.29) is 37.8 Å². The Kier molecular flexibility index (Phi) is 12.0. The summed E-state index contributed by atoms with van der Waals surface area (Å²) in [6.45, 7) is 3.45. The standard InChI is InChI=1S/C24H45N5O8/c1-13-7-18(31)24(34-12-13)37-23-17(29-19(32)5-6-25)8-16(27)22(21(23)33)36-20-4-2-3-15(35-20)11-28-10-14(30)9-26/h3,13-14,16-18,20-24,28,30-31,33H,2,4-12,25-27H2,1H3,(H,29,32)/t13-,14?,16-,17+,18+,20+,21-,22+,23-,24+/m0/s1. The largest absolute Gasteiger partial charge is 0.468 e. The lowest BCUT2D eigenvalue weighted by Crippen LogP contribution is -2.66. The number of allylic oxidation sites excluding steroid dienone is 1. The molecule has 2 heterocycles. The Morgan fingerprint density at radius 3 is 2.73 bits per heavy atom. The van der Waals surface area contributed by atoms with Crippen molar-refractivity contribution in [3.63, 3.8) is 0 Å². The number of hydrogen-bond acceptors (Lipinski definition) is 12. The quantitative estimate of drug-likeness (QED) is 0.130. The van der Waals surface area contributed by atoms with Gasteiger partial charge in [0, 0.05) is 38.5 Å². The summed E-state index contributed by atoms with van der Waals surface area (Å²) in [5, 5.41) is 37.4. The number of ether oxygens (including phenoxy) is 4. The van der Waals surface area contributed by atoms with E-state index in [1.165, 1.54) is 0 Å². The second kappa shape index (κ2) is 14.7. The number of hydrogen-bond donors (Lipinski definition) is 8. The van der Waals surface area contributed by atoms with Crippen LogP contribution in [0.2, 0.25) is 0 Å². The number of carbonyl (C=O) groups excluding carboxylic acids is 1. The van der Waals surface area contributed by atoms with Crippen LogP contribution in [-0.2, 0) is 23.7 Å². The molecule has 2 aliphatic heterocycles. The van der Waals surface area contributed by atoms with Crippen LogP contribution in [0.5, 0.6) is 0 Å². The van der Waals surface area contributed by atoms with E-state index in [1.807, 2.05) is 13.0 Å². The third kappa shape index (κ3) is 8.82. The Labute approximate surface area is 218 Å². The van der Waals surface area contributed by atoms with Crippen LogP contribution < -0.4 is 27.8 Å². The summed E-state index contributed by atoms with van der Waals surface area (Å²) in [7, 11) is 0. The van der Waals surface area contributed by atoms with Crippen LogP contribution in [0, 0.1) is 5.92 Å². The Morgan fingerprint density at radius 1 is 1.24 bits per heavy atom. The molecule has 37 heavy (non-hydrogen) atoms. The van der Waals surface area contributed by atoms with E-state index >= 15 is 0 Å². The van der Waals surface area contributed by atoms with Gasteiger partial charge >= 0.3 is 0 Å². The van der Waals surface area contributed by atoms with Gasteiger partial charge in [0.15, 0.2) is 12.6 Å². The molecular weight excluding hydrogens is 486 g/mol. The minimum Gasteiger partial charge on any atom is -0.468 e. The summed E-state index contributed by atoms with van der Waals surface area (Å²) < 4.78 is 23.9. The van der Waals surface area contributed by atoms with Gasteiger partial charge in [-0.3, -0.25) is 4.79 Å². The number of amides is 1. The topological polar surface area (TPSA) is 217 Å². The summed E-state index contributed by atoms with van der Waals surface area (Å²) in [6, 6.07) is -1.24. The molecule has 13 heteroatoms. The van der Waals surface area contributed by atoms with Crippen LogP contribution in [0.1, 0.15) is 39.0 Å². The number of aliphatic hydroxyl groups excluding tert-OH is 3. The molecule has 0 spiro atoms. The molecule has 1 saturated carbocycles. The van der Waals surface area contributed by atoms with Gasteiger partial charge in [-0.05, 0) is 31.3 Å². The van der Waals surface area contributed by atoms with E-state index in [0.29, 0.717) is 44.7 Å². The molecule has 0 aromatic rings. The second-order valence-electron chi connectivity index (χ2n) is 10.2. The lowest BCUT2D eigenvalue weighted by Gasteiger charge is -2.46. The van der Waals surface area contributed by atoms with Gasteiger partial charge in [-0.2, -0.15) is 0 Å².